The first-order chi connectivity index (χ1) is 36.6. The largest absolute Gasteiger partial charge is 0.309 e. The lowest BCUT2D eigenvalue weighted by molar-refractivity contribution is 0.445. The second-order valence-corrected chi connectivity index (χ2v) is 20.7. The van der Waals surface area contributed by atoms with E-state index in [2.05, 4.69) is 271 Å². The fourth-order valence-corrected chi connectivity index (χ4v) is 13.1. The van der Waals surface area contributed by atoms with E-state index in [0.29, 0.717) is 5.92 Å². The Morgan fingerprint density at radius 2 is 1.01 bits per heavy atom. The molecule has 0 saturated heterocycles. The molecule has 1 aromatic heterocycles. The van der Waals surface area contributed by atoms with Crippen LogP contribution in [0.2, 0.25) is 0 Å². The fraction of sp³-hybridized carbons (Fsp3) is 0.111. The number of rotatable bonds is 9. The molecule has 0 aliphatic heterocycles. The highest BCUT2D eigenvalue weighted by molar-refractivity contribution is 6.10. The van der Waals surface area contributed by atoms with Crippen molar-refractivity contribution in [3.05, 3.63) is 277 Å². The van der Waals surface area contributed by atoms with Gasteiger partial charge in [-0.05, 0) is 147 Å². The van der Waals surface area contributed by atoms with Crippen molar-refractivity contribution in [2.24, 2.45) is 0 Å². The van der Waals surface area contributed by atoms with Crippen LogP contribution in [-0.4, -0.2) is 4.57 Å². The highest BCUT2D eigenvalue weighted by Crippen LogP contribution is 2.54. The molecule has 1 fully saturated rings. The molecule has 0 radical (unpaired) electrons. The first-order valence-electron chi connectivity index (χ1n) is 26.6. The van der Waals surface area contributed by atoms with Crippen LogP contribution in [0, 0.1) is 0 Å². The number of hydrogen-bond donors (Lipinski definition) is 0. The van der Waals surface area contributed by atoms with Gasteiger partial charge in [0.15, 0.2) is 0 Å². The number of hydrogen-bond acceptors (Lipinski definition) is 1. The summed E-state index contributed by atoms with van der Waals surface area (Å²) in [5.41, 5.74) is 21.9. The van der Waals surface area contributed by atoms with E-state index < -0.39 is 0 Å². The van der Waals surface area contributed by atoms with Gasteiger partial charge in [-0.25, -0.2) is 0 Å². The van der Waals surface area contributed by atoms with Gasteiger partial charge in [0.2, 0.25) is 0 Å². The van der Waals surface area contributed by atoms with Crippen molar-refractivity contribution in [1.29, 1.82) is 0 Å². The predicted molar refractivity (Wildman–Crippen MR) is 313 cm³/mol. The maximum absolute atomic E-state index is 2.55. The van der Waals surface area contributed by atoms with Gasteiger partial charge in [0.25, 0.3) is 0 Å². The molecular weight excluding hydrogens is 893 g/mol. The minimum Gasteiger partial charge on any atom is -0.309 e. The minimum atomic E-state index is -0.323. The van der Waals surface area contributed by atoms with Crippen LogP contribution in [0.3, 0.4) is 0 Å². The highest BCUT2D eigenvalue weighted by atomic mass is 15.1. The third-order valence-electron chi connectivity index (χ3n) is 16.7. The molecule has 2 aliphatic rings. The maximum Gasteiger partial charge on any atom is 0.0547 e. The number of fused-ring (bicyclic) bond motifs is 7. The van der Waals surface area contributed by atoms with E-state index in [-0.39, 0.29) is 5.41 Å². The van der Waals surface area contributed by atoms with Gasteiger partial charge in [-0.2, -0.15) is 0 Å². The van der Waals surface area contributed by atoms with Crippen molar-refractivity contribution < 1.29 is 0 Å². The lowest BCUT2D eigenvalue weighted by Gasteiger charge is -2.31. The Bertz CT molecular complexity index is 4080. The smallest absolute Gasteiger partial charge is 0.0547 e. The van der Waals surface area contributed by atoms with Crippen LogP contribution in [0.4, 0.5) is 17.1 Å². The van der Waals surface area contributed by atoms with Crippen LogP contribution in [0.5, 0.6) is 0 Å². The average Bonchev–Trinajstić information content (AvgIpc) is 3.98. The zero-order valence-corrected chi connectivity index (χ0v) is 41.8. The van der Waals surface area contributed by atoms with Gasteiger partial charge in [0.1, 0.15) is 0 Å². The number of para-hydroxylation sites is 4. The summed E-state index contributed by atoms with van der Waals surface area (Å²) in [7, 11) is 0. The first kappa shape index (κ1) is 44.0. The molecule has 0 bridgehead atoms. The Kier molecular flexibility index (Phi) is 10.8. The molecule has 0 amide bonds. The van der Waals surface area contributed by atoms with E-state index in [1.54, 1.807) is 0 Å². The molecule has 354 valence electrons. The van der Waals surface area contributed by atoms with E-state index in [4.69, 9.17) is 0 Å². The summed E-state index contributed by atoms with van der Waals surface area (Å²) in [5, 5.41) is 5.19. The zero-order valence-electron chi connectivity index (χ0n) is 41.8. The van der Waals surface area contributed by atoms with Crippen LogP contribution in [0.15, 0.2) is 255 Å². The number of aromatic nitrogens is 1. The third kappa shape index (κ3) is 7.15. The molecule has 0 N–H and O–H groups in total. The fourth-order valence-electron chi connectivity index (χ4n) is 13.1. The molecule has 2 aliphatic carbocycles. The molecule has 1 heterocycles. The van der Waals surface area contributed by atoms with Crippen molar-refractivity contribution in [1.82, 2.24) is 4.57 Å². The topological polar surface area (TPSA) is 8.17 Å². The monoisotopic (exact) mass is 948 g/mol. The summed E-state index contributed by atoms with van der Waals surface area (Å²) in [6.07, 6.45) is 6.41. The van der Waals surface area contributed by atoms with E-state index in [1.165, 1.54) is 126 Å². The molecule has 1 unspecified atom stereocenters. The lowest BCUT2D eigenvalue weighted by atomic mass is 9.74. The summed E-state index contributed by atoms with van der Waals surface area (Å²) in [4.78, 5) is 2.55. The summed E-state index contributed by atoms with van der Waals surface area (Å²) < 4.78 is 2.42. The summed E-state index contributed by atoms with van der Waals surface area (Å²) in [5.74, 6) is 0.555. The minimum absolute atomic E-state index is 0.323. The Labute approximate surface area is 434 Å². The molecule has 12 aromatic rings. The zero-order chi connectivity index (χ0) is 49.2. The molecule has 2 nitrogen and oxygen atoms in total. The first-order valence-corrected chi connectivity index (χ1v) is 26.6. The number of benzene rings is 11. The molecule has 11 aromatic carbocycles. The van der Waals surface area contributed by atoms with E-state index in [0.717, 1.165) is 28.3 Å². The molecule has 1 saturated carbocycles. The number of nitrogens with zero attached hydrogens (tertiary/aromatic N) is 2. The molecular formula is C72H56N2. The standard InChI is InChI=1S/C72H56N2/c1-72(54-27-7-3-8-28-54)65-38-15-11-33-59(65)60-44-43-53(47-66(60)72)57-32-12-16-39-67(57)74(69-41-18-14-35-62(69)64-37-21-25-50-24-20-36-58(71(50)64)49-22-5-2-6-23-49)56-31-19-26-51(46-56)52-42-45-63-61-34-13-17-40-68(61)73(70(63)48-52)55-29-9-4-10-30-55/h3-4,7-21,24-49H,2,5-6,22-23H2,1H3. The summed E-state index contributed by atoms with van der Waals surface area (Å²) in [6.45, 7) is 2.42. The van der Waals surface area contributed by atoms with E-state index in [9.17, 15) is 0 Å². The van der Waals surface area contributed by atoms with E-state index >= 15 is 0 Å². The van der Waals surface area contributed by atoms with Crippen molar-refractivity contribution in [3.63, 3.8) is 0 Å². The average molecular weight is 949 g/mol. The quantitative estimate of drug-likeness (QED) is 0.140. The van der Waals surface area contributed by atoms with Crippen molar-refractivity contribution in [3.8, 4) is 50.2 Å². The van der Waals surface area contributed by atoms with Gasteiger partial charge in [-0.1, -0.05) is 219 Å². The second kappa shape index (κ2) is 18.1. The molecule has 2 heteroatoms. The Hall–Kier alpha value is -8.72. The van der Waals surface area contributed by atoms with Gasteiger partial charge in [-0.15, -0.1) is 0 Å². The Morgan fingerprint density at radius 1 is 0.405 bits per heavy atom. The van der Waals surface area contributed by atoms with Crippen LogP contribution >= 0.6 is 0 Å². The van der Waals surface area contributed by atoms with Gasteiger partial charge in [0.05, 0.1) is 22.4 Å². The molecule has 0 spiro atoms. The second-order valence-electron chi connectivity index (χ2n) is 20.7. The highest BCUT2D eigenvalue weighted by Gasteiger charge is 2.41. The van der Waals surface area contributed by atoms with Crippen LogP contribution < -0.4 is 4.90 Å². The predicted octanol–water partition coefficient (Wildman–Crippen LogP) is 19.8. The third-order valence-corrected chi connectivity index (χ3v) is 16.7. The maximum atomic E-state index is 2.55. The van der Waals surface area contributed by atoms with E-state index in [1.807, 2.05) is 0 Å². The van der Waals surface area contributed by atoms with Crippen LogP contribution in [0.1, 0.15) is 67.2 Å². The molecule has 1 atom stereocenters. The Balaban J connectivity index is 0.987. The van der Waals surface area contributed by atoms with Gasteiger partial charge < -0.3 is 9.47 Å². The molecule has 14 rings (SSSR count). The van der Waals surface area contributed by atoms with Crippen LogP contribution in [0.25, 0.3) is 82.8 Å². The number of anilines is 3. The normalized spacial score (nSPS) is 15.4. The van der Waals surface area contributed by atoms with Crippen molar-refractivity contribution in [2.75, 3.05) is 4.90 Å². The van der Waals surface area contributed by atoms with Crippen molar-refractivity contribution in [2.45, 2.75) is 50.4 Å². The summed E-state index contributed by atoms with van der Waals surface area (Å²) in [6, 6.07) is 95.3. The Morgan fingerprint density at radius 3 is 1.84 bits per heavy atom. The lowest BCUT2D eigenvalue weighted by Crippen LogP contribution is -2.22. The van der Waals surface area contributed by atoms with Crippen LogP contribution in [-0.2, 0) is 5.41 Å². The SMILES string of the molecule is CC1(c2ccccc2)c2ccccc2-c2ccc(-c3ccccc3N(c3cccc(-c4ccc5c6ccccc6n(-c6ccccc6)c5c4)c3)c3ccccc3-c3cccc4cccc(C5CCCCC5)c34)cc21. The summed E-state index contributed by atoms with van der Waals surface area (Å²) >= 11 is 0. The molecule has 74 heavy (non-hydrogen) atoms. The van der Waals surface area contributed by atoms with Gasteiger partial charge in [0, 0.05) is 38.7 Å². The van der Waals surface area contributed by atoms with Gasteiger partial charge in [-0.3, -0.25) is 0 Å². The van der Waals surface area contributed by atoms with Crippen molar-refractivity contribution >= 4 is 49.6 Å². The van der Waals surface area contributed by atoms with Gasteiger partial charge >= 0.3 is 0 Å².